The van der Waals surface area contributed by atoms with Crippen LogP contribution in [0.5, 0.6) is 5.75 Å². The number of hydrogen-bond acceptors (Lipinski definition) is 4. The normalized spacial score (nSPS) is 11.6. The lowest BCUT2D eigenvalue weighted by molar-refractivity contribution is -0.122. The summed E-state index contributed by atoms with van der Waals surface area (Å²) < 4.78 is 5.26. The molecule has 1 aromatic rings. The van der Waals surface area contributed by atoms with E-state index in [1.54, 1.807) is 12.1 Å². The largest absolute Gasteiger partial charge is 0.482 e. The van der Waals surface area contributed by atoms with Gasteiger partial charge in [0.1, 0.15) is 5.75 Å². The van der Waals surface area contributed by atoms with Crippen LogP contribution in [0.25, 0.3) is 0 Å². The Morgan fingerprint density at radius 2 is 2.10 bits per heavy atom. The van der Waals surface area contributed by atoms with Crippen LogP contribution in [0.3, 0.4) is 0 Å². The van der Waals surface area contributed by atoms with Crippen molar-refractivity contribution in [3.8, 4) is 5.75 Å². The lowest BCUT2D eigenvalue weighted by Gasteiger charge is -2.13. The van der Waals surface area contributed by atoms with Gasteiger partial charge in [-0.25, -0.2) is 0 Å². The molecule has 0 aromatic heterocycles. The van der Waals surface area contributed by atoms with Gasteiger partial charge in [-0.3, -0.25) is 9.59 Å². The molecule has 0 fully saturated rings. The molecule has 1 unspecified atom stereocenters. The van der Waals surface area contributed by atoms with E-state index in [1.807, 2.05) is 13.8 Å². The predicted molar refractivity (Wildman–Crippen MR) is 77.6 cm³/mol. The van der Waals surface area contributed by atoms with E-state index in [-0.39, 0.29) is 24.5 Å². The minimum atomic E-state index is -0.247. The second kappa shape index (κ2) is 7.37. The molecule has 4 N–H and O–H groups in total. The molecule has 0 heterocycles. The Labute approximate surface area is 118 Å². The van der Waals surface area contributed by atoms with Crippen LogP contribution in [0, 0.1) is 0 Å². The molecule has 0 aliphatic carbocycles. The van der Waals surface area contributed by atoms with Crippen molar-refractivity contribution in [1.82, 2.24) is 10.6 Å². The lowest BCUT2D eigenvalue weighted by atomic mass is 10.1. The summed E-state index contributed by atoms with van der Waals surface area (Å²) in [5.74, 6) is -0.0411. The second-order valence-electron chi connectivity index (χ2n) is 4.50. The molecule has 1 aromatic carbocycles. The highest BCUT2D eigenvalue weighted by molar-refractivity contribution is 5.95. The zero-order valence-corrected chi connectivity index (χ0v) is 12.0. The van der Waals surface area contributed by atoms with Crippen molar-refractivity contribution in [2.45, 2.75) is 26.3 Å². The molecule has 0 aliphatic heterocycles. The lowest BCUT2D eigenvalue weighted by Crippen LogP contribution is -2.31. The van der Waals surface area contributed by atoms with E-state index < -0.39 is 0 Å². The molecule has 6 nitrogen and oxygen atoms in total. The van der Waals surface area contributed by atoms with Gasteiger partial charge in [0.15, 0.2) is 6.61 Å². The summed E-state index contributed by atoms with van der Waals surface area (Å²) >= 11 is 0. The van der Waals surface area contributed by atoms with Gasteiger partial charge in [0.25, 0.3) is 11.8 Å². The minimum absolute atomic E-state index is 0.105. The highest BCUT2D eigenvalue weighted by Crippen LogP contribution is 2.22. The van der Waals surface area contributed by atoms with Crippen molar-refractivity contribution in [1.29, 1.82) is 0 Å². The predicted octanol–water partition coefficient (Wildman–Crippen LogP) is 0.922. The molecule has 0 bridgehead atoms. The Bertz CT molecular complexity index is 489. The average Bonchev–Trinajstić information content (AvgIpc) is 2.45. The summed E-state index contributed by atoms with van der Waals surface area (Å²) in [7, 11) is 1.53. The molecule has 1 atom stereocenters. The number of rotatable bonds is 6. The molecule has 1 rings (SSSR count). The van der Waals surface area contributed by atoms with Gasteiger partial charge in [-0.15, -0.1) is 0 Å². The van der Waals surface area contributed by atoms with Gasteiger partial charge in [-0.2, -0.15) is 0 Å². The number of anilines is 1. The van der Waals surface area contributed by atoms with Gasteiger partial charge in [0.05, 0.1) is 5.69 Å². The van der Waals surface area contributed by atoms with E-state index in [0.717, 1.165) is 6.42 Å². The second-order valence-corrected chi connectivity index (χ2v) is 4.50. The van der Waals surface area contributed by atoms with Crippen LogP contribution in [0.2, 0.25) is 0 Å². The van der Waals surface area contributed by atoms with Gasteiger partial charge in [-0.1, -0.05) is 6.92 Å². The van der Waals surface area contributed by atoms with Crippen LogP contribution < -0.4 is 21.1 Å². The third-order valence-electron chi connectivity index (χ3n) is 2.90. The fourth-order valence-corrected chi connectivity index (χ4v) is 1.45. The highest BCUT2D eigenvalue weighted by Gasteiger charge is 2.11. The fourth-order valence-electron chi connectivity index (χ4n) is 1.45. The number of carbonyl (C=O) groups is 2. The molecule has 6 heteroatoms. The van der Waals surface area contributed by atoms with Crippen LogP contribution in [0.15, 0.2) is 18.2 Å². The zero-order chi connectivity index (χ0) is 15.1. The maximum absolute atomic E-state index is 11.9. The third kappa shape index (κ3) is 4.46. The van der Waals surface area contributed by atoms with Crippen molar-refractivity contribution in [2.24, 2.45) is 0 Å². The van der Waals surface area contributed by atoms with Gasteiger partial charge in [-0.05, 0) is 31.5 Å². The number of hydrogen-bond donors (Lipinski definition) is 3. The van der Waals surface area contributed by atoms with E-state index in [1.165, 1.54) is 13.1 Å². The highest BCUT2D eigenvalue weighted by atomic mass is 16.5. The molecular formula is C14H21N3O3. The fraction of sp³-hybridized carbons (Fsp3) is 0.429. The molecule has 0 aliphatic rings. The summed E-state index contributed by atoms with van der Waals surface area (Å²) in [5.41, 5.74) is 6.61. The average molecular weight is 279 g/mol. The Balaban J connectivity index is 2.72. The number of benzene rings is 1. The minimum Gasteiger partial charge on any atom is -0.482 e. The first-order valence-corrected chi connectivity index (χ1v) is 6.51. The number of nitrogens with two attached hydrogens (primary N) is 1. The molecule has 20 heavy (non-hydrogen) atoms. The van der Waals surface area contributed by atoms with E-state index in [0.29, 0.717) is 17.0 Å². The standard InChI is InChI=1S/C14H21N3O3/c1-4-9(2)17-14(19)10-5-6-12(11(15)7-10)20-8-13(18)16-3/h5-7,9H,4,8,15H2,1-3H3,(H,16,18)(H,17,19). The molecule has 0 saturated carbocycles. The van der Waals surface area contributed by atoms with Gasteiger partial charge in [0.2, 0.25) is 0 Å². The van der Waals surface area contributed by atoms with E-state index >= 15 is 0 Å². The third-order valence-corrected chi connectivity index (χ3v) is 2.90. The van der Waals surface area contributed by atoms with Crippen LogP contribution >= 0.6 is 0 Å². The summed E-state index contributed by atoms with van der Waals surface area (Å²) in [4.78, 5) is 23.0. The molecule has 110 valence electrons. The number of ether oxygens (including phenoxy) is 1. The number of carbonyl (C=O) groups excluding carboxylic acids is 2. The first-order valence-electron chi connectivity index (χ1n) is 6.51. The molecule has 0 spiro atoms. The monoisotopic (exact) mass is 279 g/mol. The number of nitrogen functional groups attached to an aromatic ring is 1. The molecular weight excluding hydrogens is 258 g/mol. The Kier molecular flexibility index (Phi) is 5.83. The molecule has 2 amide bonds. The van der Waals surface area contributed by atoms with Gasteiger partial charge >= 0.3 is 0 Å². The molecule has 0 saturated heterocycles. The van der Waals surface area contributed by atoms with Crippen molar-refractivity contribution < 1.29 is 14.3 Å². The van der Waals surface area contributed by atoms with Crippen LogP contribution in [-0.2, 0) is 4.79 Å². The zero-order valence-electron chi connectivity index (χ0n) is 12.0. The van der Waals surface area contributed by atoms with Crippen molar-refractivity contribution in [3.05, 3.63) is 23.8 Å². The maximum atomic E-state index is 11.9. The van der Waals surface area contributed by atoms with E-state index in [2.05, 4.69) is 10.6 Å². The van der Waals surface area contributed by atoms with Gasteiger partial charge in [0, 0.05) is 18.7 Å². The van der Waals surface area contributed by atoms with Crippen molar-refractivity contribution >= 4 is 17.5 Å². The number of nitrogens with one attached hydrogen (secondary N) is 2. The van der Waals surface area contributed by atoms with Crippen molar-refractivity contribution in [2.75, 3.05) is 19.4 Å². The topological polar surface area (TPSA) is 93.4 Å². The number of likely N-dealkylation sites (N-methyl/N-ethyl adjacent to an activating group) is 1. The maximum Gasteiger partial charge on any atom is 0.257 e. The smallest absolute Gasteiger partial charge is 0.257 e. The van der Waals surface area contributed by atoms with Gasteiger partial charge < -0.3 is 21.1 Å². The van der Waals surface area contributed by atoms with E-state index in [9.17, 15) is 9.59 Å². The van der Waals surface area contributed by atoms with E-state index in [4.69, 9.17) is 10.5 Å². The molecule has 0 radical (unpaired) electrons. The summed E-state index contributed by atoms with van der Waals surface area (Å²) in [6.07, 6.45) is 0.856. The van der Waals surface area contributed by atoms with Crippen LogP contribution in [-0.4, -0.2) is 31.5 Å². The SMILES string of the molecule is CCC(C)NC(=O)c1ccc(OCC(=O)NC)c(N)c1. The summed E-state index contributed by atoms with van der Waals surface area (Å²) in [6.45, 7) is 3.82. The Hall–Kier alpha value is -2.24. The first-order chi connectivity index (χ1) is 9.47. The van der Waals surface area contributed by atoms with Crippen LogP contribution in [0.1, 0.15) is 30.6 Å². The Morgan fingerprint density at radius 1 is 1.40 bits per heavy atom. The first kappa shape index (κ1) is 15.8. The Morgan fingerprint density at radius 3 is 2.65 bits per heavy atom. The van der Waals surface area contributed by atoms with Crippen molar-refractivity contribution in [3.63, 3.8) is 0 Å². The number of amides is 2. The quantitative estimate of drug-likeness (QED) is 0.675. The summed E-state index contributed by atoms with van der Waals surface area (Å²) in [6, 6.07) is 4.85. The van der Waals surface area contributed by atoms with Crippen LogP contribution in [0.4, 0.5) is 5.69 Å². The summed E-state index contributed by atoms with van der Waals surface area (Å²) in [5, 5.41) is 5.30.